The molecule has 1 aromatic rings. The molecule has 0 saturated carbocycles. The molecule has 1 aromatic carbocycles. The van der Waals surface area contributed by atoms with Crippen LogP contribution in [0.3, 0.4) is 0 Å². The fourth-order valence-electron chi connectivity index (χ4n) is 5.17. The second-order valence-electron chi connectivity index (χ2n) is 9.91. The molecule has 1 fully saturated rings. The topological polar surface area (TPSA) is 131 Å². The van der Waals surface area contributed by atoms with Gasteiger partial charge in [-0.15, -0.1) is 0 Å². The third-order valence-corrected chi connectivity index (χ3v) is 6.68. The predicted molar refractivity (Wildman–Crippen MR) is 127 cm³/mol. The number of phenolic OH excluding ortho intramolecular Hbond substituents is 1. The van der Waals surface area contributed by atoms with Crippen molar-refractivity contribution < 1.29 is 29.1 Å². The van der Waals surface area contributed by atoms with E-state index in [1.165, 1.54) is 12.1 Å². The third-order valence-electron chi connectivity index (χ3n) is 6.68. The van der Waals surface area contributed by atoms with Gasteiger partial charge in [0.15, 0.2) is 11.5 Å². The van der Waals surface area contributed by atoms with E-state index in [-0.39, 0.29) is 29.5 Å². The highest BCUT2D eigenvalue weighted by Crippen LogP contribution is 2.49. The predicted octanol–water partition coefficient (Wildman–Crippen LogP) is 3.16. The van der Waals surface area contributed by atoms with Crippen LogP contribution in [0.4, 0.5) is 5.69 Å². The summed E-state index contributed by atoms with van der Waals surface area (Å²) in [6.45, 7) is 9.34. The van der Waals surface area contributed by atoms with Gasteiger partial charge in [-0.3, -0.25) is 19.7 Å². The van der Waals surface area contributed by atoms with E-state index in [2.05, 4.69) is 5.32 Å². The Bertz CT molecular complexity index is 1150. The van der Waals surface area contributed by atoms with Gasteiger partial charge in [0, 0.05) is 54.0 Å². The maximum absolute atomic E-state index is 13.8. The van der Waals surface area contributed by atoms with Crippen molar-refractivity contribution in [2.24, 2.45) is 5.41 Å². The van der Waals surface area contributed by atoms with Crippen molar-refractivity contribution in [1.82, 2.24) is 10.2 Å². The Morgan fingerprint density at radius 1 is 1.31 bits per heavy atom. The number of phenols is 1. The lowest BCUT2D eigenvalue weighted by atomic mass is 9.68. The Hall–Kier alpha value is -3.40. The van der Waals surface area contributed by atoms with Gasteiger partial charge in [-0.1, -0.05) is 13.8 Å². The highest BCUT2D eigenvalue weighted by Gasteiger charge is 2.44. The van der Waals surface area contributed by atoms with E-state index >= 15 is 0 Å². The van der Waals surface area contributed by atoms with Crippen LogP contribution >= 0.6 is 0 Å². The van der Waals surface area contributed by atoms with Crippen molar-refractivity contribution in [2.75, 3.05) is 32.9 Å². The van der Waals surface area contributed by atoms with Gasteiger partial charge in [-0.25, -0.2) is 0 Å². The molecular weight excluding hydrogens is 454 g/mol. The van der Waals surface area contributed by atoms with E-state index in [0.717, 1.165) is 5.70 Å². The van der Waals surface area contributed by atoms with Crippen molar-refractivity contribution in [3.05, 3.63) is 50.4 Å². The summed E-state index contributed by atoms with van der Waals surface area (Å²) in [4.78, 5) is 40.0. The SMILES string of the molecule is CCOc1cc(C2C(C(=O)N3CCOCC3)=C(C)NC3=C2C(=O)CC(C)(C)C3)cc([N+](=O)[O-])c1O. The van der Waals surface area contributed by atoms with Gasteiger partial charge in [0.25, 0.3) is 5.91 Å². The highest BCUT2D eigenvalue weighted by molar-refractivity contribution is 6.05. The van der Waals surface area contributed by atoms with Gasteiger partial charge in [-0.2, -0.15) is 0 Å². The molecule has 0 bridgehead atoms. The lowest BCUT2D eigenvalue weighted by molar-refractivity contribution is -0.386. The Kier molecular flexibility index (Phi) is 6.59. The van der Waals surface area contributed by atoms with Crippen LogP contribution in [-0.4, -0.2) is 59.5 Å². The number of carbonyl (C=O) groups is 2. The standard InChI is InChI=1S/C25H31N3O7/c1-5-35-19-11-15(10-17(23(19)30)28(32)33)21-20(24(31)27-6-8-34-9-7-27)14(2)26-16-12-25(3,4)13-18(29)22(16)21/h10-11,21,26,30H,5-9,12-13H2,1-4H3. The summed E-state index contributed by atoms with van der Waals surface area (Å²) in [7, 11) is 0. The van der Waals surface area contributed by atoms with Crippen LogP contribution in [0.2, 0.25) is 0 Å². The second-order valence-corrected chi connectivity index (χ2v) is 9.91. The molecule has 0 radical (unpaired) electrons. The molecule has 10 nitrogen and oxygen atoms in total. The minimum atomic E-state index is -0.830. The number of benzene rings is 1. The number of nitro benzene ring substituents is 1. The maximum Gasteiger partial charge on any atom is 0.314 e. The first-order chi connectivity index (χ1) is 16.5. The summed E-state index contributed by atoms with van der Waals surface area (Å²) in [5.74, 6) is -1.83. The number of ketones is 1. The normalized spacial score (nSPS) is 22.0. The molecule has 1 unspecified atom stereocenters. The van der Waals surface area contributed by atoms with Gasteiger partial charge in [0.1, 0.15) is 0 Å². The summed E-state index contributed by atoms with van der Waals surface area (Å²) in [6, 6.07) is 2.74. The van der Waals surface area contributed by atoms with Crippen molar-refractivity contribution in [1.29, 1.82) is 0 Å². The Labute approximate surface area is 203 Å². The van der Waals surface area contributed by atoms with Crippen LogP contribution in [0.15, 0.2) is 34.7 Å². The number of nitrogens with zero attached hydrogens (tertiary/aromatic N) is 2. The summed E-state index contributed by atoms with van der Waals surface area (Å²) >= 11 is 0. The monoisotopic (exact) mass is 485 g/mol. The van der Waals surface area contributed by atoms with E-state index < -0.39 is 22.3 Å². The number of ether oxygens (including phenoxy) is 2. The number of rotatable bonds is 5. The number of nitrogens with one attached hydrogen (secondary N) is 1. The molecule has 2 aliphatic heterocycles. The lowest BCUT2D eigenvalue weighted by Crippen LogP contribution is -2.45. The molecular formula is C25H31N3O7. The number of Topliss-reactive ketones (excluding diaryl/α,β-unsaturated/α-hetero) is 1. The van der Waals surface area contributed by atoms with Crippen LogP contribution in [0, 0.1) is 15.5 Å². The molecule has 4 rings (SSSR count). The Morgan fingerprint density at radius 2 is 2.00 bits per heavy atom. The van der Waals surface area contributed by atoms with E-state index in [0.29, 0.717) is 61.6 Å². The van der Waals surface area contributed by atoms with Crippen LogP contribution < -0.4 is 10.1 Å². The summed E-state index contributed by atoms with van der Waals surface area (Å²) < 4.78 is 10.9. The number of hydrogen-bond acceptors (Lipinski definition) is 8. The molecule has 1 atom stereocenters. The number of nitro groups is 1. The van der Waals surface area contributed by atoms with Crippen molar-refractivity contribution in [3.8, 4) is 11.5 Å². The fraction of sp³-hybridized carbons (Fsp3) is 0.520. The van der Waals surface area contributed by atoms with E-state index in [4.69, 9.17) is 9.47 Å². The highest BCUT2D eigenvalue weighted by atomic mass is 16.6. The number of carbonyl (C=O) groups excluding carboxylic acids is 2. The molecule has 1 amide bonds. The van der Waals surface area contributed by atoms with E-state index in [1.807, 2.05) is 13.8 Å². The molecule has 188 valence electrons. The molecule has 10 heteroatoms. The molecule has 35 heavy (non-hydrogen) atoms. The molecule has 0 spiro atoms. The van der Waals surface area contributed by atoms with E-state index in [9.17, 15) is 24.8 Å². The first-order valence-corrected chi connectivity index (χ1v) is 11.8. The summed E-state index contributed by atoms with van der Waals surface area (Å²) in [5, 5.41) is 25.5. The minimum Gasteiger partial charge on any atom is -0.500 e. The zero-order valence-electron chi connectivity index (χ0n) is 20.5. The number of hydrogen-bond donors (Lipinski definition) is 2. The zero-order valence-corrected chi connectivity index (χ0v) is 20.5. The molecule has 3 aliphatic rings. The maximum atomic E-state index is 13.8. The zero-order chi connectivity index (χ0) is 25.5. The number of dihydropyridines is 1. The summed E-state index contributed by atoms with van der Waals surface area (Å²) in [5.41, 5.74) is 1.68. The first kappa shape index (κ1) is 24.7. The first-order valence-electron chi connectivity index (χ1n) is 11.8. The van der Waals surface area contributed by atoms with Gasteiger partial charge in [0.2, 0.25) is 5.75 Å². The van der Waals surface area contributed by atoms with Crippen molar-refractivity contribution >= 4 is 17.4 Å². The van der Waals surface area contributed by atoms with Crippen LogP contribution in [-0.2, 0) is 14.3 Å². The Morgan fingerprint density at radius 3 is 2.63 bits per heavy atom. The van der Waals surface area contributed by atoms with Gasteiger partial charge >= 0.3 is 5.69 Å². The summed E-state index contributed by atoms with van der Waals surface area (Å²) in [6.07, 6.45) is 0.889. The average molecular weight is 486 g/mol. The second kappa shape index (κ2) is 9.33. The van der Waals surface area contributed by atoms with Crippen molar-refractivity contribution in [2.45, 2.75) is 46.5 Å². The molecule has 1 aliphatic carbocycles. The number of morpholine rings is 1. The Balaban J connectivity index is 1.93. The number of amides is 1. The third kappa shape index (κ3) is 4.62. The van der Waals surface area contributed by atoms with Gasteiger partial charge < -0.3 is 24.8 Å². The number of aromatic hydroxyl groups is 1. The quantitative estimate of drug-likeness (QED) is 0.480. The van der Waals surface area contributed by atoms with Crippen LogP contribution in [0.25, 0.3) is 0 Å². The molecule has 2 N–H and O–H groups in total. The lowest BCUT2D eigenvalue weighted by Gasteiger charge is -2.41. The van der Waals surface area contributed by atoms with Crippen LogP contribution in [0.1, 0.15) is 52.0 Å². The molecule has 2 heterocycles. The smallest absolute Gasteiger partial charge is 0.314 e. The van der Waals surface area contributed by atoms with Gasteiger partial charge in [0.05, 0.1) is 24.7 Å². The molecule has 1 saturated heterocycles. The fourth-order valence-corrected chi connectivity index (χ4v) is 5.17. The molecule has 0 aromatic heterocycles. The largest absolute Gasteiger partial charge is 0.500 e. The van der Waals surface area contributed by atoms with Gasteiger partial charge in [-0.05, 0) is 37.3 Å². The van der Waals surface area contributed by atoms with Crippen LogP contribution in [0.5, 0.6) is 11.5 Å². The van der Waals surface area contributed by atoms with Crippen molar-refractivity contribution in [3.63, 3.8) is 0 Å². The minimum absolute atomic E-state index is 0.0585. The van der Waals surface area contributed by atoms with E-state index in [1.54, 1.807) is 18.7 Å². The average Bonchev–Trinajstić information content (AvgIpc) is 2.78. The number of allylic oxidation sites excluding steroid dienone is 3.